The van der Waals surface area contributed by atoms with Gasteiger partial charge in [0.15, 0.2) is 0 Å². The van der Waals surface area contributed by atoms with Gasteiger partial charge in [-0.3, -0.25) is 5.43 Å². The lowest BCUT2D eigenvalue weighted by Gasteiger charge is -2.29. The molecule has 0 atom stereocenters. The predicted octanol–water partition coefficient (Wildman–Crippen LogP) is 3.38. The lowest BCUT2D eigenvalue weighted by atomic mass is 9.81. The highest BCUT2D eigenvalue weighted by Crippen LogP contribution is 2.31. The third-order valence-electron chi connectivity index (χ3n) is 3.92. The highest BCUT2D eigenvalue weighted by atomic mass is 32.1. The second kappa shape index (κ2) is 5.54. The quantitative estimate of drug-likeness (QED) is 0.582. The molecule has 0 unspecified atom stereocenters. The van der Waals surface area contributed by atoms with Crippen molar-refractivity contribution in [2.75, 3.05) is 17.3 Å². The van der Waals surface area contributed by atoms with E-state index >= 15 is 0 Å². The second-order valence-electron chi connectivity index (χ2n) is 6.11. The normalized spacial score (nSPS) is 12.2. The number of aryl methyl sites for hydroxylation is 1. The van der Waals surface area contributed by atoms with Crippen LogP contribution in [-0.2, 0) is 0 Å². The maximum atomic E-state index is 5.45. The van der Waals surface area contributed by atoms with Crippen molar-refractivity contribution in [3.8, 4) is 0 Å². The van der Waals surface area contributed by atoms with Crippen LogP contribution in [0.15, 0.2) is 6.07 Å². The smallest absolute Gasteiger partial charge is 0.240 e. The maximum absolute atomic E-state index is 5.45. The third-order valence-corrected chi connectivity index (χ3v) is 4.86. The summed E-state index contributed by atoms with van der Waals surface area (Å²) in [6.07, 6.45) is 0. The summed E-state index contributed by atoms with van der Waals surface area (Å²) in [7, 11) is 0. The van der Waals surface area contributed by atoms with Gasteiger partial charge in [0.25, 0.3) is 0 Å². The predicted molar refractivity (Wildman–Crippen MR) is 87.1 cm³/mol. The molecule has 0 fully saturated rings. The first-order chi connectivity index (χ1) is 9.33. The molecule has 0 spiro atoms. The van der Waals surface area contributed by atoms with Gasteiger partial charge in [-0.05, 0) is 24.3 Å². The molecular formula is C14H23N5S. The topological polar surface area (TPSA) is 75.9 Å². The third kappa shape index (κ3) is 3.02. The van der Waals surface area contributed by atoms with Gasteiger partial charge in [0, 0.05) is 11.4 Å². The minimum absolute atomic E-state index is 0.193. The van der Waals surface area contributed by atoms with Gasteiger partial charge in [-0.1, -0.05) is 27.7 Å². The number of nitrogens with one attached hydrogen (secondary N) is 2. The first-order valence-corrected chi connectivity index (χ1v) is 7.64. The van der Waals surface area contributed by atoms with E-state index in [4.69, 9.17) is 5.84 Å². The summed E-state index contributed by atoms with van der Waals surface area (Å²) in [4.78, 5) is 11.0. The maximum Gasteiger partial charge on any atom is 0.240 e. The minimum Gasteiger partial charge on any atom is -0.369 e. The van der Waals surface area contributed by atoms with Gasteiger partial charge in [0.2, 0.25) is 5.95 Å². The molecule has 4 N–H and O–H groups in total. The molecule has 2 heterocycles. The summed E-state index contributed by atoms with van der Waals surface area (Å²) in [6, 6.07) is 2.12. The SMILES string of the molecule is Cc1cc2c(NCC(C)(C)C(C)C)nc(NN)nc2s1. The van der Waals surface area contributed by atoms with E-state index in [0.717, 1.165) is 22.6 Å². The first kappa shape index (κ1) is 15.0. The molecule has 0 amide bonds. The van der Waals surface area contributed by atoms with E-state index < -0.39 is 0 Å². The summed E-state index contributed by atoms with van der Waals surface area (Å²) in [5.41, 5.74) is 2.73. The number of nitrogen functional groups attached to an aromatic ring is 1. The average molecular weight is 293 g/mol. The van der Waals surface area contributed by atoms with Crippen molar-refractivity contribution >= 4 is 33.3 Å². The van der Waals surface area contributed by atoms with Crippen molar-refractivity contribution in [3.05, 3.63) is 10.9 Å². The summed E-state index contributed by atoms with van der Waals surface area (Å²) in [5.74, 6) is 7.33. The number of hydrazine groups is 1. The van der Waals surface area contributed by atoms with Crippen molar-refractivity contribution in [3.63, 3.8) is 0 Å². The number of thiophene rings is 1. The zero-order valence-corrected chi connectivity index (χ0v) is 13.6. The van der Waals surface area contributed by atoms with E-state index in [0.29, 0.717) is 11.9 Å². The van der Waals surface area contributed by atoms with Crippen LogP contribution in [0.3, 0.4) is 0 Å². The molecule has 0 bridgehead atoms. The van der Waals surface area contributed by atoms with Crippen LogP contribution in [-0.4, -0.2) is 16.5 Å². The highest BCUT2D eigenvalue weighted by Gasteiger charge is 2.22. The molecule has 110 valence electrons. The molecule has 0 aliphatic carbocycles. The summed E-state index contributed by atoms with van der Waals surface area (Å²) < 4.78 is 0. The molecule has 20 heavy (non-hydrogen) atoms. The molecule has 5 nitrogen and oxygen atoms in total. The van der Waals surface area contributed by atoms with Crippen LogP contribution in [0, 0.1) is 18.3 Å². The molecule has 0 saturated heterocycles. The van der Waals surface area contributed by atoms with Crippen molar-refractivity contribution in [1.29, 1.82) is 0 Å². The van der Waals surface area contributed by atoms with Crippen LogP contribution in [0.2, 0.25) is 0 Å². The van der Waals surface area contributed by atoms with Gasteiger partial charge in [0.05, 0.1) is 5.39 Å². The number of rotatable bonds is 5. The monoisotopic (exact) mass is 293 g/mol. The van der Waals surface area contributed by atoms with Crippen LogP contribution in [0.5, 0.6) is 0 Å². The van der Waals surface area contributed by atoms with E-state index in [9.17, 15) is 0 Å². The minimum atomic E-state index is 0.193. The average Bonchev–Trinajstić information content (AvgIpc) is 2.75. The van der Waals surface area contributed by atoms with Crippen LogP contribution in [0.4, 0.5) is 11.8 Å². The number of hydrogen-bond donors (Lipinski definition) is 3. The van der Waals surface area contributed by atoms with E-state index in [2.05, 4.69) is 61.4 Å². The van der Waals surface area contributed by atoms with Gasteiger partial charge >= 0.3 is 0 Å². The van der Waals surface area contributed by atoms with Crippen LogP contribution < -0.4 is 16.6 Å². The number of nitrogens with two attached hydrogens (primary N) is 1. The molecule has 2 aromatic rings. The fourth-order valence-electron chi connectivity index (χ4n) is 1.76. The summed E-state index contributed by atoms with van der Waals surface area (Å²) in [6.45, 7) is 11.9. The zero-order chi connectivity index (χ0) is 14.9. The van der Waals surface area contributed by atoms with E-state index in [1.807, 2.05) is 0 Å². The van der Waals surface area contributed by atoms with Gasteiger partial charge in [-0.15, -0.1) is 11.3 Å². The van der Waals surface area contributed by atoms with E-state index in [-0.39, 0.29) is 5.41 Å². The Hall–Kier alpha value is -1.40. The Morgan fingerprint density at radius 2 is 2.05 bits per heavy atom. The molecule has 2 rings (SSSR count). The van der Waals surface area contributed by atoms with Crippen molar-refractivity contribution < 1.29 is 0 Å². The molecule has 2 aromatic heterocycles. The van der Waals surface area contributed by atoms with Crippen molar-refractivity contribution in [1.82, 2.24) is 9.97 Å². The van der Waals surface area contributed by atoms with Crippen LogP contribution in [0.1, 0.15) is 32.6 Å². The Kier molecular flexibility index (Phi) is 4.15. The fourth-order valence-corrected chi connectivity index (χ4v) is 2.64. The molecule has 0 radical (unpaired) electrons. The van der Waals surface area contributed by atoms with Gasteiger partial charge < -0.3 is 5.32 Å². The Labute approximate surface area is 124 Å². The lowest BCUT2D eigenvalue weighted by Crippen LogP contribution is -2.29. The molecule has 6 heteroatoms. The molecule has 0 saturated carbocycles. The Bertz CT molecular complexity index is 603. The Morgan fingerprint density at radius 1 is 1.35 bits per heavy atom. The highest BCUT2D eigenvalue weighted by molar-refractivity contribution is 7.18. The van der Waals surface area contributed by atoms with Crippen LogP contribution >= 0.6 is 11.3 Å². The van der Waals surface area contributed by atoms with Gasteiger partial charge in [0.1, 0.15) is 10.6 Å². The Balaban J connectivity index is 2.33. The number of hydrogen-bond acceptors (Lipinski definition) is 6. The van der Waals surface area contributed by atoms with Crippen molar-refractivity contribution in [2.24, 2.45) is 17.2 Å². The largest absolute Gasteiger partial charge is 0.369 e. The van der Waals surface area contributed by atoms with E-state index in [1.54, 1.807) is 11.3 Å². The molecular weight excluding hydrogens is 270 g/mol. The number of anilines is 2. The molecule has 0 aromatic carbocycles. The van der Waals surface area contributed by atoms with Gasteiger partial charge in [-0.25, -0.2) is 10.8 Å². The lowest BCUT2D eigenvalue weighted by molar-refractivity contribution is 0.269. The standard InChI is InChI=1S/C14H23N5S/c1-8(2)14(4,5)7-16-11-10-6-9(3)20-12(10)18-13(17-11)19-15/h6,8H,7,15H2,1-5H3,(H2,16,17,18,19). The fraction of sp³-hybridized carbons (Fsp3) is 0.571. The van der Waals surface area contributed by atoms with E-state index in [1.165, 1.54) is 4.88 Å². The number of fused-ring (bicyclic) bond motifs is 1. The van der Waals surface area contributed by atoms with Gasteiger partial charge in [-0.2, -0.15) is 4.98 Å². The first-order valence-electron chi connectivity index (χ1n) is 6.82. The summed E-state index contributed by atoms with van der Waals surface area (Å²) >= 11 is 1.65. The summed E-state index contributed by atoms with van der Waals surface area (Å²) in [5, 5.41) is 4.52. The number of aromatic nitrogens is 2. The molecule has 0 aliphatic heterocycles. The van der Waals surface area contributed by atoms with Crippen molar-refractivity contribution in [2.45, 2.75) is 34.6 Å². The zero-order valence-electron chi connectivity index (χ0n) is 12.7. The second-order valence-corrected chi connectivity index (χ2v) is 7.35. The Morgan fingerprint density at radius 3 is 2.65 bits per heavy atom. The number of nitrogens with zero attached hydrogens (tertiary/aromatic N) is 2. The van der Waals surface area contributed by atoms with Crippen LogP contribution in [0.25, 0.3) is 10.2 Å². The molecule has 0 aliphatic rings.